The molecule has 2 amide bonds. The number of aromatic nitrogens is 2. The topological polar surface area (TPSA) is 133 Å². The van der Waals surface area contributed by atoms with Gasteiger partial charge >= 0.3 is 18.2 Å². The Morgan fingerprint density at radius 1 is 1.10 bits per heavy atom. The maximum Gasteiger partial charge on any atom is 0.412 e. The Kier molecular flexibility index (Phi) is 9.91. The summed E-state index contributed by atoms with van der Waals surface area (Å²) >= 11 is 8.66. The molecule has 0 unspecified atom stereocenters. The predicted octanol–water partition coefficient (Wildman–Crippen LogP) is 9.63. The van der Waals surface area contributed by atoms with Gasteiger partial charge in [0.2, 0.25) is 0 Å². The van der Waals surface area contributed by atoms with Gasteiger partial charge < -0.3 is 19.1 Å². The summed E-state index contributed by atoms with van der Waals surface area (Å²) < 4.78 is 51.2. The molecule has 4 aromatic rings. The fourth-order valence-corrected chi connectivity index (χ4v) is 12.0. The minimum absolute atomic E-state index is 0.0209. The number of nitrogens with zero attached hydrogens (tertiary/aromatic N) is 6. The Balaban J connectivity index is 1.21. The molecule has 2 bridgehead atoms. The minimum atomic E-state index is -0.960. The second-order valence-corrected chi connectivity index (χ2v) is 20.6. The Labute approximate surface area is 357 Å². The molecule has 0 saturated carbocycles. The molecule has 318 valence electrons. The summed E-state index contributed by atoms with van der Waals surface area (Å²) in [6.45, 7) is 14.7. The van der Waals surface area contributed by atoms with Crippen LogP contribution in [-0.4, -0.2) is 99.2 Å². The highest BCUT2D eigenvalue weighted by Crippen LogP contribution is 2.52. The number of hydrogen-bond donors (Lipinski definition) is 1. The van der Waals surface area contributed by atoms with Crippen LogP contribution in [0.1, 0.15) is 91.7 Å². The molecule has 1 N–H and O–H groups in total. The Morgan fingerprint density at radius 2 is 1.87 bits per heavy atom. The SMILES string of the molecule is C[C@H]1Cc2c(Cl)c(-c3cccc4sc(NC(=O)OC(C)(C)C)c(C#N)c34)c(F)c3nc(OC[C@@]45CCCN4C[C@H](F)C5)nc(c23)N2C[C@H]3CC[C@@H]([C@H]12)N3C(=O)OC(C)(C)C. The van der Waals surface area contributed by atoms with Gasteiger partial charge in [0.1, 0.15) is 46.4 Å². The third kappa shape index (κ3) is 6.86. The van der Waals surface area contributed by atoms with Gasteiger partial charge in [-0.25, -0.2) is 18.4 Å². The highest BCUT2D eigenvalue weighted by atomic mass is 35.5. The van der Waals surface area contributed by atoms with Gasteiger partial charge in [-0.05, 0) is 103 Å². The third-order valence-corrected chi connectivity index (χ3v) is 14.2. The number of rotatable bonds is 5. The second-order valence-electron chi connectivity index (χ2n) is 19.1. The maximum atomic E-state index is 17.9. The molecule has 16 heteroatoms. The molecule has 9 rings (SSSR count). The molecule has 5 aliphatic rings. The van der Waals surface area contributed by atoms with E-state index in [4.69, 9.17) is 35.8 Å². The molecule has 7 heterocycles. The van der Waals surface area contributed by atoms with Crippen molar-refractivity contribution in [2.24, 2.45) is 5.92 Å². The number of nitrogens with one attached hydrogen (secondary N) is 1. The summed E-state index contributed by atoms with van der Waals surface area (Å²) in [5.74, 6) is -0.319. The van der Waals surface area contributed by atoms with Crippen LogP contribution in [0.25, 0.3) is 32.1 Å². The number of amides is 2. The van der Waals surface area contributed by atoms with E-state index in [0.29, 0.717) is 58.3 Å². The van der Waals surface area contributed by atoms with Gasteiger partial charge in [-0.1, -0.05) is 30.7 Å². The van der Waals surface area contributed by atoms with Gasteiger partial charge in [-0.2, -0.15) is 15.2 Å². The molecule has 60 heavy (non-hydrogen) atoms. The molecule has 12 nitrogen and oxygen atoms in total. The number of hydrogen-bond acceptors (Lipinski definition) is 11. The van der Waals surface area contributed by atoms with Gasteiger partial charge in [0, 0.05) is 35.2 Å². The monoisotopic (exact) mass is 861 g/mol. The number of benzene rings is 2. The summed E-state index contributed by atoms with van der Waals surface area (Å²) in [5, 5.41) is 14.6. The largest absolute Gasteiger partial charge is 0.461 e. The van der Waals surface area contributed by atoms with E-state index in [1.54, 1.807) is 39.0 Å². The first-order chi connectivity index (χ1) is 28.4. The van der Waals surface area contributed by atoms with Crippen molar-refractivity contribution in [2.75, 3.05) is 36.5 Å². The highest BCUT2D eigenvalue weighted by Gasteiger charge is 2.54. The number of carbonyl (C=O) groups excluding carboxylic acids is 2. The number of alkyl halides is 1. The molecule has 2 aromatic carbocycles. The summed E-state index contributed by atoms with van der Waals surface area (Å²) in [5.41, 5.74) is -0.685. The molecule has 5 aliphatic heterocycles. The Bertz CT molecular complexity index is 2480. The van der Waals surface area contributed by atoms with Crippen LogP contribution < -0.4 is 15.0 Å². The van der Waals surface area contributed by atoms with Gasteiger partial charge in [0.15, 0.2) is 5.82 Å². The number of fused-ring (bicyclic) bond motifs is 7. The van der Waals surface area contributed by atoms with Crippen LogP contribution in [0.3, 0.4) is 0 Å². The van der Waals surface area contributed by atoms with Crippen LogP contribution >= 0.6 is 22.9 Å². The Morgan fingerprint density at radius 3 is 2.60 bits per heavy atom. The van der Waals surface area contributed by atoms with E-state index in [1.165, 1.54) is 11.3 Å². The standard InChI is InChI=1S/C44H50ClF2N7O5S/c1-22-16-26-32-35(34(47)31(33(26)45)25-10-8-11-29-30(25)27(18-48)38(60-29)51-40(55)58-42(2,3)4)49-39(57-21-44-14-9-15-52(44)19-23(46)17-44)50-37(32)53-20-24-12-13-28(36(22)53)54(24)41(56)59-43(5,6)7/h8,10-11,22-24,28,36H,9,12-17,19-21H2,1-7H3,(H,51,55)/t22-,23+,24+,28-,36-,44-/m0/s1. The van der Waals surface area contributed by atoms with Crippen LogP contribution in [0.2, 0.25) is 5.02 Å². The molecule has 4 fully saturated rings. The first-order valence-electron chi connectivity index (χ1n) is 20.8. The molecule has 0 spiro atoms. The van der Waals surface area contributed by atoms with Crippen molar-refractivity contribution in [1.82, 2.24) is 19.8 Å². The molecule has 6 atom stereocenters. The smallest absolute Gasteiger partial charge is 0.412 e. The molecular formula is C44H50ClF2N7O5S. The van der Waals surface area contributed by atoms with Crippen LogP contribution in [0, 0.1) is 23.1 Å². The lowest BCUT2D eigenvalue weighted by atomic mass is 9.86. The number of halogens is 3. The Hall–Kier alpha value is -4.52. The summed E-state index contributed by atoms with van der Waals surface area (Å²) in [7, 11) is 0. The number of nitriles is 1. The molecule has 0 aliphatic carbocycles. The van der Waals surface area contributed by atoms with Gasteiger partial charge in [0.05, 0.1) is 39.6 Å². The zero-order valence-corrected chi connectivity index (χ0v) is 36.5. The van der Waals surface area contributed by atoms with Crippen molar-refractivity contribution in [3.05, 3.63) is 40.2 Å². The number of piperazine rings is 1. The first-order valence-corrected chi connectivity index (χ1v) is 22.0. The normalized spacial score (nSPS) is 26.2. The summed E-state index contributed by atoms with van der Waals surface area (Å²) in [6.07, 6.45) is 1.97. The summed E-state index contributed by atoms with van der Waals surface area (Å²) in [6, 6.07) is 6.90. The van der Waals surface area contributed by atoms with E-state index < -0.39 is 34.8 Å². The van der Waals surface area contributed by atoms with E-state index in [9.17, 15) is 19.2 Å². The predicted molar refractivity (Wildman–Crippen MR) is 227 cm³/mol. The van der Waals surface area contributed by atoms with Crippen LogP contribution in [0.15, 0.2) is 18.2 Å². The average Bonchev–Trinajstić information content (AvgIpc) is 3.86. The fourth-order valence-electron chi connectivity index (χ4n) is 10.6. The fraction of sp³-hybridized carbons (Fsp3) is 0.568. The minimum Gasteiger partial charge on any atom is -0.461 e. The molecular weight excluding hydrogens is 812 g/mol. The number of thiophene rings is 1. The van der Waals surface area contributed by atoms with E-state index >= 15 is 4.39 Å². The van der Waals surface area contributed by atoms with Gasteiger partial charge in [-0.3, -0.25) is 15.1 Å². The van der Waals surface area contributed by atoms with Gasteiger partial charge in [-0.15, -0.1) is 11.3 Å². The maximum absolute atomic E-state index is 17.9. The van der Waals surface area contributed by atoms with Crippen molar-refractivity contribution >= 4 is 66.9 Å². The van der Waals surface area contributed by atoms with Crippen molar-refractivity contribution in [3.63, 3.8) is 0 Å². The number of ether oxygens (including phenoxy) is 3. The molecule has 0 radical (unpaired) electrons. The van der Waals surface area contributed by atoms with Crippen LogP contribution in [-0.2, 0) is 15.9 Å². The van der Waals surface area contributed by atoms with E-state index in [-0.39, 0.29) is 69.4 Å². The molecule has 2 aromatic heterocycles. The molecule has 4 saturated heterocycles. The quantitative estimate of drug-likeness (QED) is 0.207. The lowest BCUT2D eigenvalue weighted by molar-refractivity contribution is 0.00489. The number of anilines is 2. The van der Waals surface area contributed by atoms with Crippen molar-refractivity contribution in [3.8, 4) is 23.2 Å². The average molecular weight is 862 g/mol. The lowest BCUT2D eigenvalue weighted by Crippen LogP contribution is -2.63. The van der Waals surface area contributed by atoms with Crippen LogP contribution in [0.4, 0.5) is 29.2 Å². The van der Waals surface area contributed by atoms with Crippen molar-refractivity contribution < 1.29 is 32.6 Å². The zero-order valence-electron chi connectivity index (χ0n) is 35.0. The van der Waals surface area contributed by atoms with E-state index in [1.807, 2.05) is 25.7 Å². The second kappa shape index (κ2) is 14.6. The summed E-state index contributed by atoms with van der Waals surface area (Å²) in [4.78, 5) is 42.8. The number of carbonyl (C=O) groups is 2. The third-order valence-electron chi connectivity index (χ3n) is 12.7. The highest BCUT2D eigenvalue weighted by molar-refractivity contribution is 7.23. The zero-order chi connectivity index (χ0) is 42.6. The lowest BCUT2D eigenvalue weighted by Gasteiger charge is -2.49. The van der Waals surface area contributed by atoms with E-state index in [0.717, 1.165) is 32.2 Å². The van der Waals surface area contributed by atoms with Crippen LogP contribution in [0.5, 0.6) is 6.01 Å². The van der Waals surface area contributed by atoms with Crippen molar-refractivity contribution in [2.45, 2.75) is 128 Å². The first kappa shape index (κ1) is 40.9. The van der Waals surface area contributed by atoms with Crippen molar-refractivity contribution in [1.29, 1.82) is 5.26 Å². The van der Waals surface area contributed by atoms with Gasteiger partial charge in [0.25, 0.3) is 0 Å². The van der Waals surface area contributed by atoms with E-state index in [2.05, 4.69) is 28.1 Å².